The molecule has 1 aliphatic heterocycles. The number of rotatable bonds is 3. The minimum Gasteiger partial charge on any atom is -0.336 e. The molecule has 2 heterocycles. The van der Waals surface area contributed by atoms with Crippen LogP contribution in [-0.4, -0.2) is 32.4 Å². The molecule has 0 spiro atoms. The summed E-state index contributed by atoms with van der Waals surface area (Å²) in [5.74, 6) is -0.267. The number of nitriles is 1. The lowest BCUT2D eigenvalue weighted by Crippen LogP contribution is -2.49. The Labute approximate surface area is 133 Å². The average Bonchev–Trinajstić information content (AvgIpc) is 2.48. The second kappa shape index (κ2) is 6.60. The zero-order chi connectivity index (χ0) is 17.1. The van der Waals surface area contributed by atoms with Crippen molar-refractivity contribution >= 4 is 11.6 Å². The third-order valence-electron chi connectivity index (χ3n) is 4.19. The number of hydrogen-bond acceptors (Lipinski definition) is 5. The predicted octanol–water partition coefficient (Wildman–Crippen LogP) is 1.42. The summed E-state index contributed by atoms with van der Waals surface area (Å²) in [7, 11) is 0. The molecule has 0 N–H and O–H groups in total. The first-order valence-corrected chi connectivity index (χ1v) is 7.45. The molecule has 2 atom stereocenters. The van der Waals surface area contributed by atoms with E-state index in [1.165, 1.54) is 0 Å². The van der Waals surface area contributed by atoms with Crippen LogP contribution < -0.4 is 5.56 Å². The van der Waals surface area contributed by atoms with Gasteiger partial charge in [0.1, 0.15) is 18.2 Å². The number of hydrogen-bond donors (Lipinski definition) is 0. The minimum absolute atomic E-state index is 0.0658. The van der Waals surface area contributed by atoms with Crippen molar-refractivity contribution in [3.05, 3.63) is 38.3 Å². The fourth-order valence-electron chi connectivity index (χ4n) is 3.06. The van der Waals surface area contributed by atoms with Gasteiger partial charge < -0.3 is 4.90 Å². The summed E-state index contributed by atoms with van der Waals surface area (Å²) in [5, 5.41) is 19.8. The van der Waals surface area contributed by atoms with Gasteiger partial charge in [0.15, 0.2) is 0 Å². The topological polar surface area (TPSA) is 109 Å². The molecule has 1 amide bonds. The number of aromatic nitrogens is 1. The van der Waals surface area contributed by atoms with Gasteiger partial charge in [-0.1, -0.05) is 0 Å². The number of nitro groups is 1. The average molecular weight is 318 g/mol. The van der Waals surface area contributed by atoms with E-state index in [-0.39, 0.29) is 35.8 Å². The summed E-state index contributed by atoms with van der Waals surface area (Å²) in [6, 6.07) is 2.70. The Bertz CT molecular complexity index is 724. The number of piperidine rings is 1. The molecule has 0 bridgehead atoms. The summed E-state index contributed by atoms with van der Waals surface area (Å²) in [6.45, 7) is 3.60. The Kier molecular flexibility index (Phi) is 4.79. The van der Waals surface area contributed by atoms with Crippen LogP contribution in [0.25, 0.3) is 0 Å². The highest BCUT2D eigenvalue weighted by Crippen LogP contribution is 2.23. The van der Waals surface area contributed by atoms with E-state index in [4.69, 9.17) is 5.26 Å². The van der Waals surface area contributed by atoms with Crippen LogP contribution in [-0.2, 0) is 11.3 Å². The molecule has 8 nitrogen and oxygen atoms in total. The molecule has 0 unspecified atom stereocenters. The summed E-state index contributed by atoms with van der Waals surface area (Å²) in [5.41, 5.74) is -1.41. The number of nitrogens with zero attached hydrogens (tertiary/aromatic N) is 4. The number of carbonyl (C=O) groups is 1. The van der Waals surface area contributed by atoms with Crippen molar-refractivity contribution in [1.82, 2.24) is 9.47 Å². The third-order valence-corrected chi connectivity index (χ3v) is 4.19. The van der Waals surface area contributed by atoms with Crippen molar-refractivity contribution in [3.8, 4) is 6.07 Å². The molecule has 1 aromatic rings. The van der Waals surface area contributed by atoms with Gasteiger partial charge in [-0.05, 0) is 33.1 Å². The van der Waals surface area contributed by atoms with E-state index in [1.807, 2.05) is 13.8 Å². The Morgan fingerprint density at radius 1 is 1.43 bits per heavy atom. The highest BCUT2D eigenvalue weighted by atomic mass is 16.6. The van der Waals surface area contributed by atoms with Crippen LogP contribution >= 0.6 is 0 Å². The zero-order valence-corrected chi connectivity index (χ0v) is 13.1. The van der Waals surface area contributed by atoms with E-state index in [1.54, 1.807) is 11.0 Å². The van der Waals surface area contributed by atoms with Gasteiger partial charge in [-0.25, -0.2) is 0 Å². The lowest BCUT2D eigenvalue weighted by atomic mass is 9.97. The van der Waals surface area contributed by atoms with Crippen molar-refractivity contribution in [1.29, 1.82) is 5.26 Å². The molecule has 8 heteroatoms. The van der Waals surface area contributed by atoms with E-state index < -0.39 is 10.5 Å². The Morgan fingerprint density at radius 2 is 2.04 bits per heavy atom. The molecule has 0 aromatic carbocycles. The quantitative estimate of drug-likeness (QED) is 0.618. The largest absolute Gasteiger partial charge is 0.336 e. The van der Waals surface area contributed by atoms with Gasteiger partial charge in [0.25, 0.3) is 11.2 Å². The Balaban J connectivity index is 2.34. The van der Waals surface area contributed by atoms with Crippen molar-refractivity contribution in [2.24, 2.45) is 0 Å². The van der Waals surface area contributed by atoms with E-state index in [0.29, 0.717) is 0 Å². The smallest absolute Gasteiger partial charge is 0.287 e. The van der Waals surface area contributed by atoms with Gasteiger partial charge in [0.2, 0.25) is 5.91 Å². The first-order chi connectivity index (χ1) is 10.8. The second-order valence-corrected chi connectivity index (χ2v) is 5.84. The summed E-state index contributed by atoms with van der Waals surface area (Å²) >= 11 is 0. The van der Waals surface area contributed by atoms with Crippen molar-refractivity contribution < 1.29 is 9.72 Å². The van der Waals surface area contributed by atoms with Crippen molar-refractivity contribution in [2.75, 3.05) is 0 Å². The van der Waals surface area contributed by atoms with Crippen LogP contribution in [0.1, 0.15) is 38.7 Å². The molecule has 1 aromatic heterocycles. The summed E-state index contributed by atoms with van der Waals surface area (Å²) < 4.78 is 0.951. The van der Waals surface area contributed by atoms with Gasteiger partial charge in [0.05, 0.1) is 11.1 Å². The normalized spacial score (nSPS) is 20.8. The maximum absolute atomic E-state index is 12.5. The highest BCUT2D eigenvalue weighted by Gasteiger charge is 2.29. The molecule has 1 aliphatic rings. The molecular formula is C15H18N4O4. The summed E-state index contributed by atoms with van der Waals surface area (Å²) in [6.07, 6.45) is 3.84. The standard InChI is InChI=1S/C15H18N4O4/c1-10-4-3-5-11(2)18(10)14(20)9-17-8-13(19(22)23)6-12(7-16)15(17)21/h6,8,10-11H,3-5,9H2,1-2H3/t10-,11+. The van der Waals surface area contributed by atoms with Crippen molar-refractivity contribution in [3.63, 3.8) is 0 Å². The molecule has 23 heavy (non-hydrogen) atoms. The van der Waals surface area contributed by atoms with Crippen LogP contribution in [0.4, 0.5) is 5.69 Å². The lowest BCUT2D eigenvalue weighted by Gasteiger charge is -2.39. The SMILES string of the molecule is C[C@@H]1CCC[C@H](C)N1C(=O)Cn1cc([N+](=O)[O-])cc(C#N)c1=O. The maximum Gasteiger partial charge on any atom is 0.287 e. The predicted molar refractivity (Wildman–Crippen MR) is 81.7 cm³/mol. The Hall–Kier alpha value is -2.69. The molecule has 0 aliphatic carbocycles. The maximum atomic E-state index is 12.5. The molecular weight excluding hydrogens is 300 g/mol. The Morgan fingerprint density at radius 3 is 2.57 bits per heavy atom. The van der Waals surface area contributed by atoms with Gasteiger partial charge >= 0.3 is 0 Å². The number of carbonyl (C=O) groups excluding carboxylic acids is 1. The molecule has 0 saturated carbocycles. The van der Waals surface area contributed by atoms with Gasteiger partial charge in [-0.3, -0.25) is 24.3 Å². The number of likely N-dealkylation sites (tertiary alicyclic amines) is 1. The van der Waals surface area contributed by atoms with Crippen LogP contribution in [0, 0.1) is 21.4 Å². The molecule has 1 fully saturated rings. The first-order valence-electron chi connectivity index (χ1n) is 7.45. The van der Waals surface area contributed by atoms with Crippen molar-refractivity contribution in [2.45, 2.75) is 51.7 Å². The van der Waals surface area contributed by atoms with Crippen LogP contribution in [0.2, 0.25) is 0 Å². The van der Waals surface area contributed by atoms with Gasteiger partial charge in [-0.2, -0.15) is 5.26 Å². The van der Waals surface area contributed by atoms with E-state index in [0.717, 1.165) is 36.1 Å². The molecule has 0 radical (unpaired) electrons. The second-order valence-electron chi connectivity index (χ2n) is 5.84. The molecule has 2 rings (SSSR count). The summed E-state index contributed by atoms with van der Waals surface area (Å²) in [4.78, 5) is 36.6. The number of amides is 1. The monoisotopic (exact) mass is 318 g/mol. The van der Waals surface area contributed by atoms with Crippen LogP contribution in [0.15, 0.2) is 17.1 Å². The zero-order valence-electron chi connectivity index (χ0n) is 13.1. The van der Waals surface area contributed by atoms with E-state index >= 15 is 0 Å². The third kappa shape index (κ3) is 3.39. The van der Waals surface area contributed by atoms with Gasteiger partial charge in [0, 0.05) is 18.2 Å². The van der Waals surface area contributed by atoms with Gasteiger partial charge in [-0.15, -0.1) is 0 Å². The van der Waals surface area contributed by atoms with E-state index in [2.05, 4.69) is 0 Å². The van der Waals surface area contributed by atoms with E-state index in [9.17, 15) is 19.7 Å². The lowest BCUT2D eigenvalue weighted by molar-refractivity contribution is -0.385. The molecule has 1 saturated heterocycles. The molecule has 122 valence electrons. The van der Waals surface area contributed by atoms with Crippen LogP contribution in [0.3, 0.4) is 0 Å². The fourth-order valence-corrected chi connectivity index (χ4v) is 3.06. The highest BCUT2D eigenvalue weighted by molar-refractivity contribution is 5.77. The first kappa shape index (κ1) is 16.7. The van der Waals surface area contributed by atoms with Crippen LogP contribution in [0.5, 0.6) is 0 Å². The fraction of sp³-hybridized carbons (Fsp3) is 0.533. The minimum atomic E-state index is -0.691. The number of pyridine rings is 1.